The number of nitrogens with zero attached hydrogens (tertiary/aromatic N) is 1. The highest BCUT2D eigenvalue weighted by atomic mass is 16.5. The first-order valence-corrected chi connectivity index (χ1v) is 9.54. The summed E-state index contributed by atoms with van der Waals surface area (Å²) in [6.07, 6.45) is 3.21. The van der Waals surface area contributed by atoms with Gasteiger partial charge in [0.25, 0.3) is 0 Å². The third kappa shape index (κ3) is 6.34. The summed E-state index contributed by atoms with van der Waals surface area (Å²) in [5, 5.41) is 6.57. The molecule has 1 unspecified atom stereocenters. The van der Waals surface area contributed by atoms with Crippen molar-refractivity contribution in [3.63, 3.8) is 0 Å². The molecule has 1 aliphatic heterocycles. The van der Waals surface area contributed by atoms with E-state index in [0.29, 0.717) is 25.5 Å². The number of ether oxygens (including phenoxy) is 3. The van der Waals surface area contributed by atoms with Gasteiger partial charge in [0, 0.05) is 44.1 Å². The summed E-state index contributed by atoms with van der Waals surface area (Å²) in [7, 11) is 3.15. The predicted molar refractivity (Wildman–Crippen MR) is 105 cm³/mol. The third-order valence-corrected chi connectivity index (χ3v) is 4.38. The van der Waals surface area contributed by atoms with Gasteiger partial charge in [0.1, 0.15) is 17.6 Å². The lowest BCUT2D eigenvalue weighted by atomic mass is 10.1. The first-order valence-electron chi connectivity index (χ1n) is 9.54. The van der Waals surface area contributed by atoms with E-state index in [0.717, 1.165) is 42.9 Å². The number of hydrogen-bond donors (Lipinski definition) is 2. The van der Waals surface area contributed by atoms with Crippen LogP contribution in [0.5, 0.6) is 11.5 Å². The second-order valence-electron chi connectivity index (χ2n) is 6.52. The minimum atomic E-state index is -0.172. The van der Waals surface area contributed by atoms with Gasteiger partial charge in [-0.1, -0.05) is 0 Å². The normalized spacial score (nSPS) is 15.7. The van der Waals surface area contributed by atoms with Crippen molar-refractivity contribution in [2.45, 2.75) is 52.2 Å². The summed E-state index contributed by atoms with van der Waals surface area (Å²) in [6, 6.07) is 4.14. The predicted octanol–water partition coefficient (Wildman–Crippen LogP) is 2.42. The number of benzene rings is 1. The standard InChI is InChI=1S/C20H31N3O4/c1-5-26-17-11-15-10-14(2)27-18(15)12-16(17)13-23-20(21-3)22-9-7-6-8-19(24)25-4/h11-12,14H,5-10,13H2,1-4H3,(H2,21,22,23). The molecule has 1 aromatic carbocycles. The Bertz CT molecular complexity index is 661. The highest BCUT2D eigenvalue weighted by molar-refractivity contribution is 5.79. The number of guanidine groups is 1. The molecular formula is C20H31N3O4. The molecule has 0 aliphatic carbocycles. The van der Waals surface area contributed by atoms with Gasteiger partial charge in [-0.15, -0.1) is 0 Å². The molecule has 0 saturated heterocycles. The molecule has 0 saturated carbocycles. The molecule has 1 atom stereocenters. The number of fused-ring (bicyclic) bond motifs is 1. The Balaban J connectivity index is 1.86. The summed E-state index contributed by atoms with van der Waals surface area (Å²) in [6.45, 7) is 6.00. The lowest BCUT2D eigenvalue weighted by molar-refractivity contribution is -0.140. The zero-order valence-corrected chi connectivity index (χ0v) is 16.8. The maximum atomic E-state index is 11.1. The number of esters is 1. The van der Waals surface area contributed by atoms with Gasteiger partial charge in [0.2, 0.25) is 0 Å². The van der Waals surface area contributed by atoms with Gasteiger partial charge in [-0.05, 0) is 38.8 Å². The Labute approximate surface area is 161 Å². The minimum absolute atomic E-state index is 0.172. The zero-order chi connectivity index (χ0) is 19.6. The Morgan fingerprint density at radius 2 is 2.15 bits per heavy atom. The number of unbranched alkanes of at least 4 members (excludes halogenated alkanes) is 1. The third-order valence-electron chi connectivity index (χ3n) is 4.38. The summed E-state index contributed by atoms with van der Waals surface area (Å²) < 4.78 is 16.3. The largest absolute Gasteiger partial charge is 0.494 e. The highest BCUT2D eigenvalue weighted by Gasteiger charge is 2.21. The number of methoxy groups -OCH3 is 1. The summed E-state index contributed by atoms with van der Waals surface area (Å²) in [4.78, 5) is 15.4. The van der Waals surface area contributed by atoms with E-state index in [1.54, 1.807) is 7.05 Å². The number of carbonyl (C=O) groups is 1. The van der Waals surface area contributed by atoms with Crippen molar-refractivity contribution in [3.8, 4) is 11.5 Å². The van der Waals surface area contributed by atoms with Crippen molar-refractivity contribution < 1.29 is 19.0 Å². The van der Waals surface area contributed by atoms with E-state index in [-0.39, 0.29) is 12.1 Å². The van der Waals surface area contributed by atoms with Gasteiger partial charge in [-0.2, -0.15) is 0 Å². The Morgan fingerprint density at radius 1 is 1.33 bits per heavy atom. The average molecular weight is 377 g/mol. The zero-order valence-electron chi connectivity index (χ0n) is 16.8. The van der Waals surface area contributed by atoms with Crippen LogP contribution in [0.4, 0.5) is 0 Å². The lowest BCUT2D eigenvalue weighted by Crippen LogP contribution is -2.37. The molecular weight excluding hydrogens is 346 g/mol. The van der Waals surface area contributed by atoms with Gasteiger partial charge in [-0.3, -0.25) is 9.79 Å². The smallest absolute Gasteiger partial charge is 0.305 e. The van der Waals surface area contributed by atoms with E-state index in [4.69, 9.17) is 9.47 Å². The van der Waals surface area contributed by atoms with Crippen molar-refractivity contribution in [1.82, 2.24) is 10.6 Å². The van der Waals surface area contributed by atoms with Crippen LogP contribution in [0, 0.1) is 0 Å². The van der Waals surface area contributed by atoms with Crippen molar-refractivity contribution >= 4 is 11.9 Å². The van der Waals surface area contributed by atoms with Crippen LogP contribution in [0.15, 0.2) is 17.1 Å². The molecule has 2 N–H and O–H groups in total. The van der Waals surface area contributed by atoms with Crippen molar-refractivity contribution in [1.29, 1.82) is 0 Å². The molecule has 1 aliphatic rings. The van der Waals surface area contributed by atoms with Gasteiger partial charge in [0.05, 0.1) is 13.7 Å². The van der Waals surface area contributed by atoms with Gasteiger partial charge >= 0.3 is 5.97 Å². The van der Waals surface area contributed by atoms with Crippen LogP contribution in [0.3, 0.4) is 0 Å². The molecule has 0 fully saturated rings. The summed E-state index contributed by atoms with van der Waals surface area (Å²) in [5.41, 5.74) is 2.24. The fourth-order valence-electron chi connectivity index (χ4n) is 3.01. The van der Waals surface area contributed by atoms with Crippen LogP contribution in [0.2, 0.25) is 0 Å². The van der Waals surface area contributed by atoms with Crippen molar-refractivity contribution in [3.05, 3.63) is 23.3 Å². The number of rotatable bonds is 9. The molecule has 7 nitrogen and oxygen atoms in total. The van der Waals surface area contributed by atoms with Crippen LogP contribution < -0.4 is 20.1 Å². The minimum Gasteiger partial charge on any atom is -0.494 e. The second kappa shape index (κ2) is 10.6. The lowest BCUT2D eigenvalue weighted by Gasteiger charge is -2.15. The van der Waals surface area contributed by atoms with Crippen LogP contribution >= 0.6 is 0 Å². The maximum Gasteiger partial charge on any atom is 0.305 e. The molecule has 1 heterocycles. The quantitative estimate of drug-likeness (QED) is 0.298. The average Bonchev–Trinajstić information content (AvgIpc) is 3.02. The van der Waals surface area contributed by atoms with E-state index >= 15 is 0 Å². The Hall–Kier alpha value is -2.44. The van der Waals surface area contributed by atoms with E-state index in [9.17, 15) is 4.79 Å². The van der Waals surface area contributed by atoms with Gasteiger partial charge in [-0.25, -0.2) is 0 Å². The molecule has 0 amide bonds. The number of aliphatic imine (C=N–C) groups is 1. The Kier molecular flexibility index (Phi) is 8.23. The van der Waals surface area contributed by atoms with Crippen LogP contribution in [-0.2, 0) is 22.5 Å². The molecule has 150 valence electrons. The molecule has 0 bridgehead atoms. The maximum absolute atomic E-state index is 11.1. The molecule has 0 spiro atoms. The van der Waals surface area contributed by atoms with Crippen LogP contribution in [0.1, 0.15) is 44.2 Å². The molecule has 0 aromatic heterocycles. The molecule has 27 heavy (non-hydrogen) atoms. The van der Waals surface area contributed by atoms with Crippen molar-refractivity contribution in [2.75, 3.05) is 27.3 Å². The number of carbonyl (C=O) groups excluding carboxylic acids is 1. The van der Waals surface area contributed by atoms with E-state index in [2.05, 4.69) is 39.4 Å². The number of nitrogens with one attached hydrogen (secondary N) is 2. The van der Waals surface area contributed by atoms with Crippen LogP contribution in [-0.4, -0.2) is 45.3 Å². The monoisotopic (exact) mass is 377 g/mol. The van der Waals surface area contributed by atoms with E-state index < -0.39 is 0 Å². The molecule has 1 aromatic rings. The van der Waals surface area contributed by atoms with E-state index in [1.165, 1.54) is 12.7 Å². The molecule has 7 heteroatoms. The highest BCUT2D eigenvalue weighted by Crippen LogP contribution is 2.35. The fourth-order valence-corrected chi connectivity index (χ4v) is 3.01. The summed E-state index contributed by atoms with van der Waals surface area (Å²) >= 11 is 0. The fraction of sp³-hybridized carbons (Fsp3) is 0.600. The van der Waals surface area contributed by atoms with E-state index in [1.807, 2.05) is 6.92 Å². The first kappa shape index (κ1) is 20.9. The van der Waals surface area contributed by atoms with Gasteiger partial charge in [0.15, 0.2) is 5.96 Å². The summed E-state index contributed by atoms with van der Waals surface area (Å²) in [5.74, 6) is 2.36. The van der Waals surface area contributed by atoms with Crippen LogP contribution in [0.25, 0.3) is 0 Å². The first-order chi connectivity index (χ1) is 13.1. The van der Waals surface area contributed by atoms with Crippen molar-refractivity contribution in [2.24, 2.45) is 4.99 Å². The molecule has 2 rings (SSSR count). The number of hydrogen-bond acceptors (Lipinski definition) is 5. The second-order valence-corrected chi connectivity index (χ2v) is 6.52. The Morgan fingerprint density at radius 3 is 2.85 bits per heavy atom. The van der Waals surface area contributed by atoms with Gasteiger partial charge < -0.3 is 24.8 Å². The topological polar surface area (TPSA) is 81.2 Å². The molecule has 0 radical (unpaired) electrons. The SMILES string of the molecule is CCOc1cc2c(cc1CNC(=NC)NCCCCC(=O)OC)OC(C)C2.